The Morgan fingerprint density at radius 2 is 2.00 bits per heavy atom. The molecule has 0 bridgehead atoms. The Balaban J connectivity index is 2.10. The van der Waals surface area contributed by atoms with Gasteiger partial charge in [-0.05, 0) is 55.9 Å². The van der Waals surface area contributed by atoms with Gasteiger partial charge in [-0.25, -0.2) is 4.39 Å². The maximum atomic E-state index is 13.2. The van der Waals surface area contributed by atoms with Crippen LogP contribution in [0, 0.1) is 18.2 Å². The van der Waals surface area contributed by atoms with Gasteiger partial charge in [0.1, 0.15) is 5.82 Å². The number of aryl methyl sites for hydroxylation is 1. The summed E-state index contributed by atoms with van der Waals surface area (Å²) < 4.78 is 13.2. The molecule has 1 nitrogen and oxygen atoms in total. The van der Waals surface area contributed by atoms with Gasteiger partial charge in [0.05, 0.1) is 0 Å². The summed E-state index contributed by atoms with van der Waals surface area (Å²) in [6.45, 7) is 6.36. The van der Waals surface area contributed by atoms with Crippen LogP contribution in [0.1, 0.15) is 32.3 Å². The molecule has 1 unspecified atom stereocenters. The molecule has 0 spiro atoms. The Morgan fingerprint density at radius 3 is 2.53 bits per heavy atom. The minimum atomic E-state index is -0.161. The van der Waals surface area contributed by atoms with E-state index in [1.165, 1.54) is 12.8 Å². The van der Waals surface area contributed by atoms with Crippen molar-refractivity contribution in [1.29, 1.82) is 0 Å². The molecule has 15 heavy (non-hydrogen) atoms. The van der Waals surface area contributed by atoms with E-state index >= 15 is 0 Å². The molecule has 2 heteroatoms. The first-order valence-electron chi connectivity index (χ1n) is 5.53. The molecule has 2 rings (SSSR count). The summed E-state index contributed by atoms with van der Waals surface area (Å²) in [6.07, 6.45) is 2.55. The Morgan fingerprint density at radius 1 is 1.33 bits per heavy atom. The molecule has 1 saturated carbocycles. The van der Waals surface area contributed by atoms with E-state index in [0.29, 0.717) is 11.5 Å². The van der Waals surface area contributed by atoms with Crippen LogP contribution < -0.4 is 5.32 Å². The van der Waals surface area contributed by atoms with Crippen LogP contribution in [0.15, 0.2) is 18.2 Å². The van der Waals surface area contributed by atoms with Crippen molar-refractivity contribution in [2.24, 2.45) is 5.41 Å². The van der Waals surface area contributed by atoms with Crippen molar-refractivity contribution in [3.05, 3.63) is 29.6 Å². The molecule has 0 aliphatic heterocycles. The first-order chi connectivity index (χ1) is 6.99. The van der Waals surface area contributed by atoms with Crippen LogP contribution in [-0.2, 0) is 0 Å². The van der Waals surface area contributed by atoms with E-state index in [9.17, 15) is 4.39 Å². The molecule has 1 aromatic rings. The van der Waals surface area contributed by atoms with Gasteiger partial charge in [-0.2, -0.15) is 0 Å². The van der Waals surface area contributed by atoms with Crippen LogP contribution in [0.5, 0.6) is 0 Å². The van der Waals surface area contributed by atoms with Gasteiger partial charge >= 0.3 is 0 Å². The predicted molar refractivity (Wildman–Crippen MR) is 61.6 cm³/mol. The maximum Gasteiger partial charge on any atom is 0.125 e. The first-order valence-corrected chi connectivity index (χ1v) is 5.53. The van der Waals surface area contributed by atoms with Gasteiger partial charge in [-0.3, -0.25) is 0 Å². The van der Waals surface area contributed by atoms with Gasteiger partial charge < -0.3 is 5.32 Å². The molecule has 0 saturated heterocycles. The molecule has 0 heterocycles. The fraction of sp³-hybridized carbons (Fsp3) is 0.538. The van der Waals surface area contributed by atoms with E-state index in [1.54, 1.807) is 12.1 Å². The van der Waals surface area contributed by atoms with E-state index in [1.807, 2.05) is 13.0 Å². The van der Waals surface area contributed by atoms with Crippen LogP contribution in [0.3, 0.4) is 0 Å². The molecule has 0 amide bonds. The zero-order valence-corrected chi connectivity index (χ0v) is 9.60. The fourth-order valence-corrected chi connectivity index (χ4v) is 1.87. The van der Waals surface area contributed by atoms with Crippen LogP contribution in [0.25, 0.3) is 0 Å². The van der Waals surface area contributed by atoms with E-state index in [0.717, 1.165) is 11.3 Å². The van der Waals surface area contributed by atoms with Crippen LogP contribution in [0.4, 0.5) is 10.1 Å². The lowest BCUT2D eigenvalue weighted by atomic mass is 10.0. The largest absolute Gasteiger partial charge is 0.382 e. The van der Waals surface area contributed by atoms with Crippen molar-refractivity contribution >= 4 is 5.69 Å². The third-order valence-corrected chi connectivity index (χ3v) is 3.51. The predicted octanol–water partition coefficient (Wildman–Crippen LogP) is 3.73. The van der Waals surface area contributed by atoms with Crippen molar-refractivity contribution in [3.63, 3.8) is 0 Å². The highest BCUT2D eigenvalue weighted by molar-refractivity contribution is 5.47. The number of rotatable bonds is 3. The molecule has 1 aliphatic rings. The fourth-order valence-electron chi connectivity index (χ4n) is 1.87. The molecule has 1 aliphatic carbocycles. The van der Waals surface area contributed by atoms with Crippen LogP contribution in [0.2, 0.25) is 0 Å². The van der Waals surface area contributed by atoms with Crippen LogP contribution >= 0.6 is 0 Å². The average Bonchev–Trinajstić information content (AvgIpc) is 2.83. The lowest BCUT2D eigenvalue weighted by molar-refractivity contribution is 0.493. The average molecular weight is 207 g/mol. The maximum absolute atomic E-state index is 13.2. The quantitative estimate of drug-likeness (QED) is 0.796. The van der Waals surface area contributed by atoms with Crippen LogP contribution in [-0.4, -0.2) is 6.04 Å². The van der Waals surface area contributed by atoms with Crippen molar-refractivity contribution in [1.82, 2.24) is 0 Å². The molecule has 1 atom stereocenters. The Bertz CT molecular complexity index is 349. The van der Waals surface area contributed by atoms with Gasteiger partial charge in [0, 0.05) is 11.7 Å². The number of hydrogen-bond donors (Lipinski definition) is 1. The molecular formula is C13H18FN. The van der Waals surface area contributed by atoms with Gasteiger partial charge in [0.25, 0.3) is 0 Å². The van der Waals surface area contributed by atoms with Gasteiger partial charge in [-0.15, -0.1) is 0 Å². The minimum Gasteiger partial charge on any atom is -0.382 e. The van der Waals surface area contributed by atoms with Crippen molar-refractivity contribution in [2.75, 3.05) is 5.32 Å². The third-order valence-electron chi connectivity index (χ3n) is 3.51. The summed E-state index contributed by atoms with van der Waals surface area (Å²) in [4.78, 5) is 0. The number of benzene rings is 1. The zero-order valence-electron chi connectivity index (χ0n) is 9.60. The Hall–Kier alpha value is -1.05. The van der Waals surface area contributed by atoms with E-state index in [-0.39, 0.29) is 5.82 Å². The van der Waals surface area contributed by atoms with E-state index in [2.05, 4.69) is 19.2 Å². The third kappa shape index (κ3) is 2.31. The number of halogens is 1. The standard InChI is InChI=1S/C13H18FN/c1-9-6-11(14)8-12(7-9)15-10(2)13(3)4-5-13/h6-8,10,15H,4-5H2,1-3H3. The number of hydrogen-bond acceptors (Lipinski definition) is 1. The SMILES string of the molecule is Cc1cc(F)cc(NC(C)C2(C)CC2)c1. The molecule has 1 fully saturated rings. The highest BCUT2D eigenvalue weighted by atomic mass is 19.1. The minimum absolute atomic E-state index is 0.161. The van der Waals surface area contributed by atoms with E-state index < -0.39 is 0 Å². The smallest absolute Gasteiger partial charge is 0.125 e. The molecule has 1 aromatic carbocycles. The van der Waals surface area contributed by atoms with Gasteiger partial charge in [0.2, 0.25) is 0 Å². The topological polar surface area (TPSA) is 12.0 Å². The number of anilines is 1. The second-order valence-electron chi connectivity index (χ2n) is 5.04. The first kappa shape index (κ1) is 10.5. The number of nitrogens with one attached hydrogen (secondary N) is 1. The molecular weight excluding hydrogens is 189 g/mol. The van der Waals surface area contributed by atoms with Gasteiger partial charge in [0.15, 0.2) is 0 Å². The lowest BCUT2D eigenvalue weighted by Gasteiger charge is -2.21. The molecule has 1 N–H and O–H groups in total. The molecule has 82 valence electrons. The monoisotopic (exact) mass is 207 g/mol. The second kappa shape index (κ2) is 3.51. The second-order valence-corrected chi connectivity index (χ2v) is 5.04. The van der Waals surface area contributed by atoms with Crippen molar-refractivity contribution in [2.45, 2.75) is 39.7 Å². The summed E-state index contributed by atoms with van der Waals surface area (Å²) in [6, 6.07) is 5.52. The summed E-state index contributed by atoms with van der Waals surface area (Å²) in [5.41, 5.74) is 2.28. The normalized spacial score (nSPS) is 19.7. The molecule has 0 radical (unpaired) electrons. The summed E-state index contributed by atoms with van der Waals surface area (Å²) in [7, 11) is 0. The molecule has 0 aromatic heterocycles. The van der Waals surface area contributed by atoms with Crippen molar-refractivity contribution < 1.29 is 4.39 Å². The lowest BCUT2D eigenvalue weighted by Crippen LogP contribution is -2.24. The highest BCUT2D eigenvalue weighted by Gasteiger charge is 2.42. The highest BCUT2D eigenvalue weighted by Crippen LogP contribution is 2.48. The summed E-state index contributed by atoms with van der Waals surface area (Å²) >= 11 is 0. The van der Waals surface area contributed by atoms with Crippen molar-refractivity contribution in [3.8, 4) is 0 Å². The zero-order chi connectivity index (χ0) is 11.1. The van der Waals surface area contributed by atoms with Gasteiger partial charge in [-0.1, -0.05) is 6.92 Å². The Labute approximate surface area is 90.7 Å². The summed E-state index contributed by atoms with van der Waals surface area (Å²) in [5.74, 6) is -0.161. The van der Waals surface area contributed by atoms with E-state index in [4.69, 9.17) is 0 Å². The Kier molecular flexibility index (Phi) is 2.45. The summed E-state index contributed by atoms with van der Waals surface area (Å²) in [5, 5.41) is 3.39.